The van der Waals surface area contributed by atoms with Crippen LogP contribution >= 0.6 is 11.6 Å². The molecule has 1 N–H and O–H groups in total. The quantitative estimate of drug-likeness (QED) is 0.391. The van der Waals surface area contributed by atoms with Gasteiger partial charge in [-0.2, -0.15) is 12.7 Å². The number of amides is 2. The SMILES string of the molecule is CCCCNC(=O)[C@@H](CC)N(Cc1ccc(Cl)cc1)C(=O)CN(c1ccccc1F)S(=O)(=O)N(C)C. The fourth-order valence-corrected chi connectivity index (χ4v) is 4.76. The number of halogens is 2. The van der Waals surface area contributed by atoms with E-state index >= 15 is 0 Å². The zero-order chi connectivity index (χ0) is 26.9. The smallest absolute Gasteiger partial charge is 0.304 e. The van der Waals surface area contributed by atoms with Crippen LogP contribution in [0.2, 0.25) is 5.02 Å². The average Bonchev–Trinajstić information content (AvgIpc) is 2.84. The number of carbonyl (C=O) groups excluding carboxylic acids is 2. The van der Waals surface area contributed by atoms with Crippen LogP contribution in [0.5, 0.6) is 0 Å². The van der Waals surface area contributed by atoms with E-state index in [1.165, 1.54) is 37.2 Å². The van der Waals surface area contributed by atoms with Crippen LogP contribution in [0, 0.1) is 5.82 Å². The number of anilines is 1. The molecule has 0 spiro atoms. The molecular formula is C25H34ClFN4O4S. The van der Waals surface area contributed by atoms with E-state index in [0.29, 0.717) is 23.6 Å². The summed E-state index contributed by atoms with van der Waals surface area (Å²) >= 11 is 6.00. The predicted molar refractivity (Wildman–Crippen MR) is 140 cm³/mol. The number of benzene rings is 2. The lowest BCUT2D eigenvalue weighted by Crippen LogP contribution is -2.53. The number of rotatable bonds is 13. The summed E-state index contributed by atoms with van der Waals surface area (Å²) in [5.41, 5.74) is 0.451. The Hall–Kier alpha value is -2.69. The first-order valence-corrected chi connectivity index (χ1v) is 13.6. The number of nitrogens with zero attached hydrogens (tertiary/aromatic N) is 3. The van der Waals surface area contributed by atoms with Gasteiger partial charge in [0.15, 0.2) is 0 Å². The van der Waals surface area contributed by atoms with Gasteiger partial charge in [0.05, 0.1) is 5.69 Å². The maximum Gasteiger partial charge on any atom is 0.304 e. The highest BCUT2D eigenvalue weighted by atomic mass is 35.5. The van der Waals surface area contributed by atoms with Crippen LogP contribution in [0.25, 0.3) is 0 Å². The standard InChI is InChI=1S/C25H34ClFN4O4S/c1-5-7-16-28-25(33)22(6-2)30(17-19-12-14-20(26)15-13-19)24(32)18-31(36(34,35)29(3)4)23-11-9-8-10-21(23)27/h8-15,22H,5-7,16-18H2,1-4H3,(H,28,33)/t22-/m1/s1. The Morgan fingerprint density at radius 3 is 2.25 bits per heavy atom. The van der Waals surface area contributed by atoms with Gasteiger partial charge in [-0.1, -0.05) is 56.1 Å². The molecule has 11 heteroatoms. The summed E-state index contributed by atoms with van der Waals surface area (Å²) in [5, 5.41) is 3.37. The lowest BCUT2D eigenvalue weighted by Gasteiger charge is -2.34. The van der Waals surface area contributed by atoms with Crippen LogP contribution in [0.15, 0.2) is 48.5 Å². The Bertz CT molecular complexity index is 1130. The van der Waals surface area contributed by atoms with E-state index in [4.69, 9.17) is 11.6 Å². The molecule has 1 atom stereocenters. The Balaban J connectivity index is 2.47. The molecule has 0 radical (unpaired) electrons. The molecule has 2 aromatic rings. The normalized spacial score (nSPS) is 12.3. The average molecular weight is 541 g/mol. The van der Waals surface area contributed by atoms with E-state index < -0.39 is 34.5 Å². The van der Waals surface area contributed by atoms with Crippen molar-refractivity contribution in [3.63, 3.8) is 0 Å². The van der Waals surface area contributed by atoms with Gasteiger partial charge in [-0.3, -0.25) is 9.59 Å². The van der Waals surface area contributed by atoms with Crippen molar-refractivity contribution in [3.05, 3.63) is 64.9 Å². The highest BCUT2D eigenvalue weighted by Crippen LogP contribution is 2.24. The molecule has 36 heavy (non-hydrogen) atoms. The van der Waals surface area contributed by atoms with E-state index in [0.717, 1.165) is 27.5 Å². The molecule has 0 aliphatic carbocycles. The molecule has 2 aromatic carbocycles. The molecule has 2 rings (SSSR count). The van der Waals surface area contributed by atoms with E-state index in [-0.39, 0.29) is 18.1 Å². The molecule has 0 bridgehead atoms. The van der Waals surface area contributed by atoms with Gasteiger partial charge in [-0.25, -0.2) is 8.70 Å². The molecule has 0 unspecified atom stereocenters. The van der Waals surface area contributed by atoms with Gasteiger partial charge >= 0.3 is 10.2 Å². The third-order valence-electron chi connectivity index (χ3n) is 5.62. The second kappa shape index (κ2) is 13.6. The first-order chi connectivity index (χ1) is 17.0. The van der Waals surface area contributed by atoms with Crippen molar-refractivity contribution in [1.29, 1.82) is 0 Å². The molecule has 0 aliphatic heterocycles. The zero-order valence-electron chi connectivity index (χ0n) is 21.1. The van der Waals surface area contributed by atoms with Crippen LogP contribution in [0.1, 0.15) is 38.7 Å². The van der Waals surface area contributed by atoms with Crippen molar-refractivity contribution in [3.8, 4) is 0 Å². The van der Waals surface area contributed by atoms with E-state index in [1.807, 2.05) is 6.92 Å². The third-order valence-corrected chi connectivity index (χ3v) is 7.68. The molecule has 0 aliphatic rings. The molecular weight excluding hydrogens is 507 g/mol. The second-order valence-electron chi connectivity index (χ2n) is 8.46. The molecule has 0 saturated heterocycles. The van der Waals surface area contributed by atoms with E-state index in [2.05, 4.69) is 5.32 Å². The van der Waals surface area contributed by atoms with Crippen LogP contribution in [0.4, 0.5) is 10.1 Å². The summed E-state index contributed by atoms with van der Waals surface area (Å²) in [4.78, 5) is 28.1. The minimum Gasteiger partial charge on any atom is -0.354 e. The summed E-state index contributed by atoms with van der Waals surface area (Å²) < 4.78 is 42.5. The fraction of sp³-hybridized carbons (Fsp3) is 0.440. The number of para-hydroxylation sites is 1. The summed E-state index contributed by atoms with van der Waals surface area (Å²) in [5.74, 6) is -1.76. The molecule has 0 saturated carbocycles. The van der Waals surface area contributed by atoms with Gasteiger partial charge in [0.2, 0.25) is 11.8 Å². The number of unbranched alkanes of at least 4 members (excludes halogenated alkanes) is 1. The molecule has 8 nitrogen and oxygen atoms in total. The van der Waals surface area contributed by atoms with E-state index in [9.17, 15) is 22.4 Å². The Morgan fingerprint density at radius 1 is 1.06 bits per heavy atom. The maximum atomic E-state index is 14.7. The number of nitrogens with one attached hydrogen (secondary N) is 1. The van der Waals surface area contributed by atoms with Crippen molar-refractivity contribution >= 4 is 39.3 Å². The van der Waals surface area contributed by atoms with Gasteiger partial charge < -0.3 is 10.2 Å². The minimum absolute atomic E-state index is 0.0445. The van der Waals surface area contributed by atoms with Crippen LogP contribution < -0.4 is 9.62 Å². The minimum atomic E-state index is -4.23. The van der Waals surface area contributed by atoms with Crippen molar-refractivity contribution in [1.82, 2.24) is 14.5 Å². The number of carbonyl (C=O) groups is 2. The first kappa shape index (κ1) is 29.5. The predicted octanol–water partition coefficient (Wildman–Crippen LogP) is 3.82. The summed E-state index contributed by atoms with van der Waals surface area (Å²) in [7, 11) is -1.63. The van der Waals surface area contributed by atoms with Gasteiger partial charge in [-0.15, -0.1) is 0 Å². The van der Waals surface area contributed by atoms with Crippen molar-refractivity contribution < 1.29 is 22.4 Å². The van der Waals surface area contributed by atoms with E-state index in [1.54, 1.807) is 31.2 Å². The van der Waals surface area contributed by atoms with Gasteiger partial charge in [0.1, 0.15) is 18.4 Å². The molecule has 2 amide bonds. The van der Waals surface area contributed by atoms with Crippen molar-refractivity contribution in [2.75, 3.05) is 31.5 Å². The topological polar surface area (TPSA) is 90.0 Å². The zero-order valence-corrected chi connectivity index (χ0v) is 22.7. The van der Waals surface area contributed by atoms with Gasteiger partial charge in [-0.05, 0) is 42.7 Å². The highest BCUT2D eigenvalue weighted by molar-refractivity contribution is 7.90. The first-order valence-electron chi connectivity index (χ1n) is 11.8. The Morgan fingerprint density at radius 2 is 1.69 bits per heavy atom. The van der Waals surface area contributed by atoms with Crippen LogP contribution in [-0.4, -0.2) is 62.7 Å². The Labute approximate surface area is 218 Å². The van der Waals surface area contributed by atoms with Crippen molar-refractivity contribution in [2.45, 2.75) is 45.7 Å². The maximum absolute atomic E-state index is 14.7. The largest absolute Gasteiger partial charge is 0.354 e. The lowest BCUT2D eigenvalue weighted by molar-refractivity contribution is -0.140. The molecule has 0 fully saturated rings. The summed E-state index contributed by atoms with van der Waals surface area (Å²) in [6.45, 7) is 3.60. The van der Waals surface area contributed by atoms with Gasteiger partial charge in [0.25, 0.3) is 0 Å². The fourth-order valence-electron chi connectivity index (χ4n) is 3.57. The second-order valence-corrected chi connectivity index (χ2v) is 11.0. The summed E-state index contributed by atoms with van der Waals surface area (Å²) in [6, 6.07) is 11.3. The van der Waals surface area contributed by atoms with Crippen molar-refractivity contribution in [2.24, 2.45) is 0 Å². The van der Waals surface area contributed by atoms with Crippen LogP contribution in [0.3, 0.4) is 0 Å². The number of hydrogen-bond acceptors (Lipinski definition) is 4. The third kappa shape index (κ3) is 7.65. The Kier molecular flexibility index (Phi) is 11.1. The molecule has 198 valence electrons. The van der Waals surface area contributed by atoms with Gasteiger partial charge in [0, 0.05) is 32.2 Å². The summed E-state index contributed by atoms with van der Waals surface area (Å²) in [6.07, 6.45) is 1.98. The highest BCUT2D eigenvalue weighted by Gasteiger charge is 2.34. The monoisotopic (exact) mass is 540 g/mol. The number of hydrogen-bond donors (Lipinski definition) is 1. The lowest BCUT2D eigenvalue weighted by atomic mass is 10.1. The molecule has 0 heterocycles. The van der Waals surface area contributed by atoms with Crippen LogP contribution in [-0.2, 0) is 26.3 Å². The molecule has 0 aromatic heterocycles.